The average Bonchev–Trinajstić information content (AvgIpc) is 3.33. The molecule has 0 aliphatic carbocycles. The van der Waals surface area contributed by atoms with Crippen LogP contribution in [0.1, 0.15) is 36.1 Å². The van der Waals surface area contributed by atoms with Crippen molar-refractivity contribution in [2.24, 2.45) is 0 Å². The zero-order valence-corrected chi connectivity index (χ0v) is 20.1. The van der Waals surface area contributed by atoms with E-state index in [0.717, 1.165) is 10.4 Å². The summed E-state index contributed by atoms with van der Waals surface area (Å²) in [6, 6.07) is 14.1. The summed E-state index contributed by atoms with van der Waals surface area (Å²) < 4.78 is 9.98. The minimum absolute atomic E-state index is 0.0835. The Kier molecular flexibility index (Phi) is 6.99. The predicted octanol–water partition coefficient (Wildman–Crippen LogP) is 5.03. The van der Waals surface area contributed by atoms with Crippen LogP contribution in [0.2, 0.25) is 0 Å². The molecule has 7 nitrogen and oxygen atoms in total. The first kappa shape index (κ1) is 23.8. The summed E-state index contributed by atoms with van der Waals surface area (Å²) in [6.07, 6.45) is 3.15. The average molecular weight is 484 g/mol. The van der Waals surface area contributed by atoms with E-state index < -0.39 is 0 Å². The Balaban J connectivity index is 1.69. The molecule has 0 fully saturated rings. The topological polar surface area (TPSA) is 91.3 Å². The van der Waals surface area contributed by atoms with Gasteiger partial charge in [-0.3, -0.25) is 19.6 Å². The lowest BCUT2D eigenvalue weighted by molar-refractivity contribution is -0.121. The first-order chi connectivity index (χ1) is 16.9. The summed E-state index contributed by atoms with van der Waals surface area (Å²) in [5.41, 5.74) is 2.73. The SMILES string of the molecule is CC(C)(C)c1ccc(C#Cc2ccnc(-c3cc(OC=O)cc(-c4cc(OC=O)ccn4)n3)c2)s1. The first-order valence-electron chi connectivity index (χ1n) is 10.6. The van der Waals surface area contributed by atoms with Crippen molar-refractivity contribution in [3.63, 3.8) is 0 Å². The fraction of sp³-hybridized carbons (Fsp3) is 0.148. The number of aromatic nitrogens is 3. The molecule has 35 heavy (non-hydrogen) atoms. The molecule has 0 saturated carbocycles. The summed E-state index contributed by atoms with van der Waals surface area (Å²) >= 11 is 1.68. The van der Waals surface area contributed by atoms with Crippen LogP contribution in [-0.4, -0.2) is 27.9 Å². The van der Waals surface area contributed by atoms with Crippen molar-refractivity contribution in [2.75, 3.05) is 0 Å². The van der Waals surface area contributed by atoms with Gasteiger partial charge in [0.15, 0.2) is 0 Å². The van der Waals surface area contributed by atoms with Crippen molar-refractivity contribution >= 4 is 24.3 Å². The summed E-state index contributed by atoms with van der Waals surface area (Å²) in [7, 11) is 0. The Morgan fingerprint density at radius 3 is 2.06 bits per heavy atom. The van der Waals surface area contributed by atoms with Gasteiger partial charge in [0.05, 0.1) is 27.7 Å². The minimum atomic E-state index is 0.0835. The highest BCUT2D eigenvalue weighted by molar-refractivity contribution is 7.12. The van der Waals surface area contributed by atoms with Crippen molar-refractivity contribution in [3.8, 4) is 46.1 Å². The largest absolute Gasteiger partial charge is 0.429 e. The molecule has 0 aromatic carbocycles. The first-order valence-corrected chi connectivity index (χ1v) is 11.5. The highest BCUT2D eigenvalue weighted by Crippen LogP contribution is 2.30. The normalized spacial score (nSPS) is 10.7. The van der Waals surface area contributed by atoms with E-state index in [0.29, 0.717) is 41.5 Å². The summed E-state index contributed by atoms with van der Waals surface area (Å²) in [6.45, 7) is 7.20. The van der Waals surface area contributed by atoms with Gasteiger partial charge in [0, 0.05) is 41.0 Å². The molecule has 0 saturated heterocycles. The van der Waals surface area contributed by atoms with E-state index in [2.05, 4.69) is 53.6 Å². The van der Waals surface area contributed by atoms with Gasteiger partial charge in [0.2, 0.25) is 0 Å². The van der Waals surface area contributed by atoms with E-state index >= 15 is 0 Å². The summed E-state index contributed by atoms with van der Waals surface area (Å²) in [5, 5.41) is 0. The molecule has 0 amide bonds. The van der Waals surface area contributed by atoms with Crippen molar-refractivity contribution in [3.05, 3.63) is 76.2 Å². The lowest BCUT2D eigenvalue weighted by Gasteiger charge is -2.14. The maximum atomic E-state index is 11.0. The Morgan fingerprint density at radius 2 is 1.40 bits per heavy atom. The zero-order chi connectivity index (χ0) is 24.8. The predicted molar refractivity (Wildman–Crippen MR) is 133 cm³/mol. The third-order valence-corrected chi connectivity index (χ3v) is 6.29. The van der Waals surface area contributed by atoms with Crippen LogP contribution in [0.4, 0.5) is 0 Å². The molecule has 4 aromatic rings. The van der Waals surface area contributed by atoms with Crippen LogP contribution in [0.15, 0.2) is 60.9 Å². The van der Waals surface area contributed by atoms with Gasteiger partial charge in [-0.1, -0.05) is 32.6 Å². The molecule has 0 spiro atoms. The van der Waals surface area contributed by atoms with Crippen LogP contribution in [0.5, 0.6) is 11.5 Å². The molecule has 0 unspecified atom stereocenters. The van der Waals surface area contributed by atoms with E-state index in [9.17, 15) is 9.59 Å². The maximum Gasteiger partial charge on any atom is 0.298 e. The number of hydrogen-bond acceptors (Lipinski definition) is 8. The second-order valence-corrected chi connectivity index (χ2v) is 9.56. The standard InChI is InChI=1S/C27H21N3O4S/c1-27(2,3)26-7-6-21(35-26)5-4-18-8-10-28-22(12-18)24-14-20(34-17-32)15-25(30-24)23-13-19(33-16-31)9-11-29-23/h6-17H,1-3H3. The number of hydrogen-bond donors (Lipinski definition) is 0. The molecule has 0 atom stereocenters. The lowest BCUT2D eigenvalue weighted by Crippen LogP contribution is -2.07. The summed E-state index contributed by atoms with van der Waals surface area (Å²) in [5.74, 6) is 6.99. The van der Waals surface area contributed by atoms with E-state index in [-0.39, 0.29) is 11.2 Å². The van der Waals surface area contributed by atoms with Gasteiger partial charge in [-0.25, -0.2) is 4.98 Å². The van der Waals surface area contributed by atoms with Crippen LogP contribution in [0.25, 0.3) is 22.8 Å². The minimum Gasteiger partial charge on any atom is -0.429 e. The van der Waals surface area contributed by atoms with Crippen LogP contribution < -0.4 is 9.47 Å². The Bertz CT molecular complexity index is 1440. The highest BCUT2D eigenvalue weighted by Gasteiger charge is 2.15. The molecular weight excluding hydrogens is 462 g/mol. The molecule has 0 radical (unpaired) electrons. The van der Waals surface area contributed by atoms with Gasteiger partial charge in [-0.15, -0.1) is 11.3 Å². The molecule has 0 aliphatic heterocycles. The van der Waals surface area contributed by atoms with E-state index in [1.165, 1.54) is 11.1 Å². The lowest BCUT2D eigenvalue weighted by atomic mass is 9.95. The van der Waals surface area contributed by atoms with Crippen LogP contribution in [0.3, 0.4) is 0 Å². The third-order valence-electron chi connectivity index (χ3n) is 4.86. The highest BCUT2D eigenvalue weighted by atomic mass is 32.1. The molecule has 4 aromatic heterocycles. The molecule has 8 heteroatoms. The van der Waals surface area contributed by atoms with Crippen molar-refractivity contribution < 1.29 is 19.1 Å². The number of pyridine rings is 3. The number of ether oxygens (including phenoxy) is 2. The molecular formula is C27H21N3O4S. The Labute approximate surface area is 206 Å². The van der Waals surface area contributed by atoms with E-state index in [1.807, 2.05) is 18.2 Å². The van der Waals surface area contributed by atoms with Gasteiger partial charge < -0.3 is 9.47 Å². The molecule has 4 rings (SSSR count). The smallest absolute Gasteiger partial charge is 0.298 e. The Hall–Kier alpha value is -4.35. The van der Waals surface area contributed by atoms with Crippen molar-refractivity contribution in [1.82, 2.24) is 15.0 Å². The number of thiophene rings is 1. The molecule has 174 valence electrons. The van der Waals surface area contributed by atoms with Crippen molar-refractivity contribution in [2.45, 2.75) is 26.2 Å². The van der Waals surface area contributed by atoms with Crippen LogP contribution >= 0.6 is 11.3 Å². The van der Waals surface area contributed by atoms with Crippen LogP contribution in [-0.2, 0) is 15.0 Å². The third kappa shape index (κ3) is 5.96. The van der Waals surface area contributed by atoms with Gasteiger partial charge >= 0.3 is 0 Å². The van der Waals surface area contributed by atoms with Crippen molar-refractivity contribution in [1.29, 1.82) is 0 Å². The maximum absolute atomic E-state index is 11.0. The fourth-order valence-electron chi connectivity index (χ4n) is 3.16. The van der Waals surface area contributed by atoms with Crippen LogP contribution in [0, 0.1) is 11.8 Å². The number of nitrogens with zero attached hydrogens (tertiary/aromatic N) is 3. The molecule has 4 heterocycles. The quantitative estimate of drug-likeness (QED) is 0.280. The number of rotatable bonds is 6. The molecule has 0 bridgehead atoms. The van der Waals surface area contributed by atoms with E-state index in [1.54, 1.807) is 41.8 Å². The Morgan fingerprint density at radius 1 is 0.771 bits per heavy atom. The zero-order valence-electron chi connectivity index (χ0n) is 19.3. The monoisotopic (exact) mass is 483 g/mol. The molecule has 0 aliphatic rings. The van der Waals surface area contributed by atoms with E-state index in [4.69, 9.17) is 9.47 Å². The fourth-order valence-corrected chi connectivity index (χ4v) is 4.08. The number of carbonyl (C=O) groups is 2. The summed E-state index contributed by atoms with van der Waals surface area (Å²) in [4.78, 5) is 37.3. The second-order valence-electron chi connectivity index (χ2n) is 8.47. The van der Waals surface area contributed by atoms with Gasteiger partial charge in [-0.05, 0) is 35.7 Å². The second kappa shape index (κ2) is 10.3. The van der Waals surface area contributed by atoms with Gasteiger partial charge in [0.25, 0.3) is 12.9 Å². The van der Waals surface area contributed by atoms with Gasteiger partial charge in [-0.2, -0.15) is 0 Å². The van der Waals surface area contributed by atoms with Gasteiger partial charge in [0.1, 0.15) is 11.5 Å². The number of carbonyl (C=O) groups excluding carboxylic acids is 2. The molecule has 0 N–H and O–H groups in total.